The molecule has 4 aromatic carbocycles. The van der Waals surface area contributed by atoms with Crippen LogP contribution >= 0.6 is 11.3 Å². The first-order valence-corrected chi connectivity index (χ1v) is 14.8. The minimum Gasteiger partial charge on any atom is -0.497 e. The van der Waals surface area contributed by atoms with E-state index < -0.39 is 10.1 Å². The highest BCUT2D eigenvalue weighted by Gasteiger charge is 2.17. The fourth-order valence-corrected chi connectivity index (χ4v) is 6.11. The van der Waals surface area contributed by atoms with E-state index in [-0.39, 0.29) is 16.7 Å². The number of ether oxygens (including phenoxy) is 1. The summed E-state index contributed by atoms with van der Waals surface area (Å²) in [5.74, 6) is 0.483. The summed E-state index contributed by atoms with van der Waals surface area (Å²) in [5.41, 5.74) is 6.01. The van der Waals surface area contributed by atoms with Crippen LogP contribution in [0.3, 0.4) is 0 Å². The molecule has 204 valence electrons. The highest BCUT2D eigenvalue weighted by Crippen LogP contribution is 2.33. The Labute approximate surface area is 237 Å². The van der Waals surface area contributed by atoms with Gasteiger partial charge in [0.15, 0.2) is 5.13 Å². The number of fused-ring (bicyclic) bond motifs is 1. The van der Waals surface area contributed by atoms with Crippen molar-refractivity contribution in [3.63, 3.8) is 0 Å². The lowest BCUT2D eigenvalue weighted by Crippen LogP contribution is -2.12. The Morgan fingerprint density at radius 3 is 2.42 bits per heavy atom. The Morgan fingerprint density at radius 2 is 1.68 bits per heavy atom. The quantitative estimate of drug-likeness (QED) is 0.201. The van der Waals surface area contributed by atoms with Crippen LogP contribution in [-0.2, 0) is 14.3 Å². The van der Waals surface area contributed by atoms with Crippen molar-refractivity contribution < 1.29 is 22.1 Å². The first kappa shape index (κ1) is 27.5. The molecular weight excluding hydrogens is 544 g/mol. The number of aromatic nitrogens is 1. The van der Waals surface area contributed by atoms with Crippen molar-refractivity contribution in [1.29, 1.82) is 0 Å². The van der Waals surface area contributed by atoms with Crippen LogP contribution < -0.4 is 10.1 Å². The molecule has 0 spiro atoms. The number of rotatable bonds is 8. The van der Waals surface area contributed by atoms with Gasteiger partial charge in [0, 0.05) is 11.5 Å². The summed E-state index contributed by atoms with van der Waals surface area (Å²) in [7, 11) is -1.04. The SMILES string of the molecule is COc1ccc2nc(NC(=O)c3cccc(C(C)c4cccc(-c5cc(S(=O)(=O)OC)ccc5C)c4)c3)sc2c1. The monoisotopic (exact) mass is 572 g/mol. The molecule has 1 unspecified atom stereocenters. The molecule has 0 radical (unpaired) electrons. The molecular formula is C31H28N2O5S2. The van der Waals surface area contributed by atoms with Crippen LogP contribution in [0, 0.1) is 6.92 Å². The predicted octanol–water partition coefficient (Wildman–Crippen LogP) is 7.02. The second kappa shape index (κ2) is 11.2. The molecule has 0 bridgehead atoms. The van der Waals surface area contributed by atoms with E-state index in [1.54, 1.807) is 31.4 Å². The van der Waals surface area contributed by atoms with Gasteiger partial charge in [-0.1, -0.05) is 60.7 Å². The van der Waals surface area contributed by atoms with Gasteiger partial charge in [0.1, 0.15) is 5.75 Å². The maximum absolute atomic E-state index is 13.1. The number of thiazole rings is 1. The zero-order valence-electron chi connectivity index (χ0n) is 22.5. The van der Waals surface area contributed by atoms with E-state index in [2.05, 4.69) is 23.3 Å². The Balaban J connectivity index is 1.39. The molecule has 0 fully saturated rings. The van der Waals surface area contributed by atoms with Crippen LogP contribution in [0.5, 0.6) is 5.75 Å². The van der Waals surface area contributed by atoms with E-state index >= 15 is 0 Å². The van der Waals surface area contributed by atoms with E-state index in [4.69, 9.17) is 8.92 Å². The van der Waals surface area contributed by atoms with Gasteiger partial charge in [-0.05, 0) is 77.2 Å². The summed E-state index contributed by atoms with van der Waals surface area (Å²) >= 11 is 1.39. The lowest BCUT2D eigenvalue weighted by Gasteiger charge is -2.16. The van der Waals surface area contributed by atoms with E-state index in [0.717, 1.165) is 50.9 Å². The molecule has 40 heavy (non-hydrogen) atoms. The highest BCUT2D eigenvalue weighted by atomic mass is 32.2. The van der Waals surface area contributed by atoms with E-state index in [9.17, 15) is 13.2 Å². The Bertz CT molecular complexity index is 1830. The van der Waals surface area contributed by atoms with Crippen LogP contribution in [0.4, 0.5) is 5.13 Å². The maximum atomic E-state index is 13.1. The molecule has 0 aliphatic carbocycles. The number of methoxy groups -OCH3 is 1. The van der Waals surface area contributed by atoms with Crippen molar-refractivity contribution in [3.05, 3.63) is 107 Å². The van der Waals surface area contributed by atoms with Gasteiger partial charge >= 0.3 is 0 Å². The van der Waals surface area contributed by atoms with Crippen molar-refractivity contribution in [2.45, 2.75) is 24.7 Å². The number of amides is 1. The summed E-state index contributed by atoms with van der Waals surface area (Å²) in [6, 6.07) is 26.1. The van der Waals surface area contributed by atoms with E-state index in [0.29, 0.717) is 10.7 Å². The minimum atomic E-state index is -3.81. The topological polar surface area (TPSA) is 94.6 Å². The van der Waals surface area contributed by atoms with Gasteiger partial charge < -0.3 is 4.74 Å². The van der Waals surface area contributed by atoms with Crippen LogP contribution in [0.1, 0.15) is 39.9 Å². The smallest absolute Gasteiger partial charge is 0.296 e. The first-order chi connectivity index (χ1) is 19.2. The lowest BCUT2D eigenvalue weighted by atomic mass is 9.89. The average molecular weight is 573 g/mol. The molecule has 0 aliphatic rings. The van der Waals surface area contributed by atoms with Crippen LogP contribution in [-0.4, -0.2) is 33.5 Å². The standard InChI is InChI=1S/C31H28N2O5S2/c1-19-11-13-26(40(35,36)38-4)18-27(19)23-9-5-7-21(15-23)20(2)22-8-6-10-24(16-22)30(34)33-31-32-28-14-12-25(37-3)17-29(28)39-31/h5-18,20H,1-4H3,(H,32,33,34). The third kappa shape index (κ3) is 5.62. The van der Waals surface area contributed by atoms with E-state index in [1.807, 2.05) is 61.5 Å². The maximum Gasteiger partial charge on any atom is 0.296 e. The molecule has 7 nitrogen and oxygen atoms in total. The van der Waals surface area contributed by atoms with Crippen molar-refractivity contribution in [3.8, 4) is 16.9 Å². The fourth-order valence-electron chi connectivity index (χ4n) is 4.54. The Morgan fingerprint density at radius 1 is 0.925 bits per heavy atom. The number of carbonyl (C=O) groups is 1. The van der Waals surface area contributed by atoms with Crippen molar-refractivity contribution in [1.82, 2.24) is 4.98 Å². The molecule has 0 saturated carbocycles. The van der Waals surface area contributed by atoms with Crippen molar-refractivity contribution >= 4 is 42.7 Å². The van der Waals surface area contributed by atoms with Gasteiger partial charge in [-0.15, -0.1) is 0 Å². The summed E-state index contributed by atoms with van der Waals surface area (Å²) in [5, 5.41) is 3.44. The molecule has 1 N–H and O–H groups in total. The van der Waals surface area contributed by atoms with Gasteiger partial charge in [0.05, 0.1) is 29.3 Å². The summed E-state index contributed by atoms with van der Waals surface area (Å²) in [6.07, 6.45) is 0. The molecule has 5 rings (SSSR count). The van der Waals surface area contributed by atoms with Gasteiger partial charge in [0.2, 0.25) is 0 Å². The summed E-state index contributed by atoms with van der Waals surface area (Å²) in [4.78, 5) is 17.7. The number of carbonyl (C=O) groups excluding carboxylic acids is 1. The van der Waals surface area contributed by atoms with Crippen molar-refractivity contribution in [2.24, 2.45) is 0 Å². The van der Waals surface area contributed by atoms with Gasteiger partial charge in [-0.25, -0.2) is 4.98 Å². The number of nitrogens with zero attached hydrogens (tertiary/aromatic N) is 1. The zero-order chi connectivity index (χ0) is 28.4. The van der Waals surface area contributed by atoms with Gasteiger partial charge in [0.25, 0.3) is 16.0 Å². The molecule has 0 aliphatic heterocycles. The molecule has 1 amide bonds. The lowest BCUT2D eigenvalue weighted by molar-refractivity contribution is 0.102. The number of benzene rings is 4. The first-order valence-electron chi connectivity index (χ1n) is 12.6. The molecule has 9 heteroatoms. The fraction of sp³-hybridized carbons (Fsp3) is 0.161. The number of aryl methyl sites for hydroxylation is 1. The average Bonchev–Trinajstić information content (AvgIpc) is 3.38. The molecule has 1 heterocycles. The summed E-state index contributed by atoms with van der Waals surface area (Å²) < 4.78 is 35.4. The highest BCUT2D eigenvalue weighted by molar-refractivity contribution is 7.86. The second-order valence-electron chi connectivity index (χ2n) is 9.38. The molecule has 5 aromatic rings. The number of hydrogen-bond donors (Lipinski definition) is 1. The van der Waals surface area contributed by atoms with Crippen LogP contribution in [0.25, 0.3) is 21.3 Å². The number of anilines is 1. The van der Waals surface area contributed by atoms with Crippen molar-refractivity contribution in [2.75, 3.05) is 19.5 Å². The van der Waals surface area contributed by atoms with Crippen LogP contribution in [0.2, 0.25) is 0 Å². The van der Waals surface area contributed by atoms with E-state index in [1.165, 1.54) is 11.3 Å². The largest absolute Gasteiger partial charge is 0.497 e. The van der Waals surface area contributed by atoms with Crippen LogP contribution in [0.15, 0.2) is 89.8 Å². The normalized spacial score (nSPS) is 12.3. The Kier molecular flexibility index (Phi) is 7.71. The number of hydrogen-bond acceptors (Lipinski definition) is 7. The second-order valence-corrected chi connectivity index (χ2v) is 12.1. The zero-order valence-corrected chi connectivity index (χ0v) is 24.1. The number of nitrogens with one attached hydrogen (secondary N) is 1. The third-order valence-corrected chi connectivity index (χ3v) is 9.08. The van der Waals surface area contributed by atoms with Gasteiger partial charge in [-0.3, -0.25) is 14.3 Å². The minimum absolute atomic E-state index is 0.0196. The Hall–Kier alpha value is -4.05. The third-order valence-electron chi connectivity index (χ3n) is 6.88. The predicted molar refractivity (Wildman–Crippen MR) is 159 cm³/mol. The molecule has 1 atom stereocenters. The summed E-state index contributed by atoms with van der Waals surface area (Å²) in [6.45, 7) is 4.02. The molecule has 1 aromatic heterocycles. The van der Waals surface area contributed by atoms with Gasteiger partial charge in [-0.2, -0.15) is 8.42 Å². The molecule has 0 saturated heterocycles.